The lowest BCUT2D eigenvalue weighted by Crippen LogP contribution is -2.33. The molecule has 0 aliphatic carbocycles. The molecule has 0 aliphatic heterocycles. The van der Waals surface area contributed by atoms with Crippen LogP contribution in [0.5, 0.6) is 0 Å². The normalized spacial score (nSPS) is 12.9. The summed E-state index contributed by atoms with van der Waals surface area (Å²) in [6.45, 7) is 4.89. The summed E-state index contributed by atoms with van der Waals surface area (Å²) < 4.78 is 29.6. The zero-order valence-electron chi connectivity index (χ0n) is 12.7. The van der Waals surface area contributed by atoms with Gasteiger partial charge >= 0.3 is 0 Å². The summed E-state index contributed by atoms with van der Waals surface area (Å²) in [4.78, 5) is 12.1. The van der Waals surface area contributed by atoms with Crippen molar-refractivity contribution in [1.82, 2.24) is 5.16 Å². The van der Waals surface area contributed by atoms with Gasteiger partial charge in [0.2, 0.25) is 5.91 Å². The number of nitrogens with one attached hydrogen (secondary N) is 1. The monoisotopic (exact) mass is 322 g/mol. The summed E-state index contributed by atoms with van der Waals surface area (Å²) in [5, 5.41) is 4.89. The number of benzene rings is 1. The van der Waals surface area contributed by atoms with Crippen molar-refractivity contribution in [3.05, 3.63) is 47.2 Å². The summed E-state index contributed by atoms with van der Waals surface area (Å²) in [5.74, 6) is -0.0559. The molecule has 0 bridgehead atoms. The van der Waals surface area contributed by atoms with Crippen LogP contribution in [-0.4, -0.2) is 24.7 Å². The van der Waals surface area contributed by atoms with E-state index in [1.807, 2.05) is 19.1 Å². The van der Waals surface area contributed by atoms with Gasteiger partial charge < -0.3 is 9.84 Å². The van der Waals surface area contributed by atoms with E-state index in [9.17, 15) is 13.2 Å². The van der Waals surface area contributed by atoms with Crippen molar-refractivity contribution in [3.8, 4) is 0 Å². The van der Waals surface area contributed by atoms with Crippen LogP contribution in [0.2, 0.25) is 0 Å². The Morgan fingerprint density at radius 3 is 2.59 bits per heavy atom. The van der Waals surface area contributed by atoms with Crippen LogP contribution >= 0.6 is 0 Å². The van der Waals surface area contributed by atoms with Crippen molar-refractivity contribution in [2.45, 2.75) is 31.8 Å². The fourth-order valence-corrected chi connectivity index (χ4v) is 3.32. The van der Waals surface area contributed by atoms with Gasteiger partial charge in [-0.05, 0) is 31.9 Å². The lowest BCUT2D eigenvalue weighted by atomic mass is 10.1. The van der Waals surface area contributed by atoms with E-state index >= 15 is 0 Å². The fraction of sp³-hybridized carbons (Fsp3) is 0.333. The van der Waals surface area contributed by atoms with Gasteiger partial charge in [-0.2, -0.15) is 0 Å². The first-order valence-electron chi connectivity index (χ1n) is 6.80. The first-order chi connectivity index (χ1) is 10.3. The number of aromatic nitrogens is 1. The molecule has 0 aliphatic rings. The second kappa shape index (κ2) is 6.31. The molecular weight excluding hydrogens is 304 g/mol. The minimum Gasteiger partial charge on any atom is -0.360 e. The van der Waals surface area contributed by atoms with Crippen molar-refractivity contribution < 1.29 is 17.7 Å². The van der Waals surface area contributed by atoms with Crippen molar-refractivity contribution in [3.63, 3.8) is 0 Å². The van der Waals surface area contributed by atoms with E-state index in [1.165, 1.54) is 13.0 Å². The third-order valence-corrected chi connectivity index (χ3v) is 5.41. The molecule has 0 unspecified atom stereocenters. The molecule has 0 spiro atoms. The van der Waals surface area contributed by atoms with Crippen LogP contribution in [0.15, 0.2) is 34.9 Å². The van der Waals surface area contributed by atoms with Crippen molar-refractivity contribution >= 4 is 21.6 Å². The predicted molar refractivity (Wildman–Crippen MR) is 83.1 cm³/mol. The molecule has 7 heteroatoms. The number of sulfone groups is 1. The topological polar surface area (TPSA) is 89.3 Å². The zero-order valence-corrected chi connectivity index (χ0v) is 13.5. The standard InChI is InChI=1S/C15H18N2O4S/c1-10-6-4-5-7-13(10)9-22(19,20)12(3)15(18)16-14-8-11(2)21-17-14/h4-8,12H,9H2,1-3H3,(H,16,17,18)/t12-/m0/s1. The Kier molecular flexibility index (Phi) is 4.65. The molecule has 6 nitrogen and oxygen atoms in total. The molecule has 22 heavy (non-hydrogen) atoms. The smallest absolute Gasteiger partial charge is 0.243 e. The molecule has 0 saturated heterocycles. The van der Waals surface area contributed by atoms with Gasteiger partial charge in [-0.1, -0.05) is 29.4 Å². The molecule has 1 aromatic heterocycles. The molecule has 1 heterocycles. The molecule has 1 amide bonds. The first kappa shape index (κ1) is 16.2. The number of amides is 1. The van der Waals surface area contributed by atoms with Gasteiger partial charge in [0.25, 0.3) is 0 Å². The maximum absolute atomic E-state index is 12.4. The number of rotatable bonds is 5. The highest BCUT2D eigenvalue weighted by atomic mass is 32.2. The lowest BCUT2D eigenvalue weighted by molar-refractivity contribution is -0.115. The minimum absolute atomic E-state index is 0.175. The van der Waals surface area contributed by atoms with Crippen molar-refractivity contribution in [2.24, 2.45) is 0 Å². The Bertz CT molecular complexity index is 780. The molecule has 2 rings (SSSR count). The van der Waals surface area contributed by atoms with E-state index in [0.29, 0.717) is 11.3 Å². The highest BCUT2D eigenvalue weighted by Gasteiger charge is 2.29. The molecular formula is C15H18N2O4S. The summed E-state index contributed by atoms with van der Waals surface area (Å²) in [7, 11) is -3.62. The lowest BCUT2D eigenvalue weighted by Gasteiger charge is -2.13. The number of carbonyl (C=O) groups is 1. The van der Waals surface area contributed by atoms with Gasteiger partial charge in [-0.15, -0.1) is 0 Å². The van der Waals surface area contributed by atoms with Gasteiger partial charge in [0.1, 0.15) is 11.0 Å². The second-order valence-corrected chi connectivity index (χ2v) is 7.51. The fourth-order valence-electron chi connectivity index (χ4n) is 1.93. The molecule has 118 valence electrons. The van der Waals surface area contributed by atoms with Gasteiger partial charge in [-0.3, -0.25) is 4.79 Å². The third kappa shape index (κ3) is 3.73. The molecule has 2 aromatic rings. The average molecular weight is 322 g/mol. The molecule has 0 saturated carbocycles. The Morgan fingerprint density at radius 2 is 2.00 bits per heavy atom. The van der Waals surface area contributed by atoms with Gasteiger partial charge in [0.15, 0.2) is 15.7 Å². The molecule has 1 atom stereocenters. The Morgan fingerprint density at radius 1 is 1.32 bits per heavy atom. The van der Waals surface area contributed by atoms with Gasteiger partial charge in [-0.25, -0.2) is 8.42 Å². The first-order valence-corrected chi connectivity index (χ1v) is 8.51. The quantitative estimate of drug-likeness (QED) is 0.912. The maximum atomic E-state index is 12.4. The third-order valence-electron chi connectivity index (χ3n) is 3.41. The maximum Gasteiger partial charge on any atom is 0.243 e. The van der Waals surface area contributed by atoms with Crippen LogP contribution in [0.25, 0.3) is 0 Å². The number of hydrogen-bond donors (Lipinski definition) is 1. The number of hydrogen-bond acceptors (Lipinski definition) is 5. The van der Waals surface area contributed by atoms with E-state index < -0.39 is 21.0 Å². The minimum atomic E-state index is -3.62. The Labute approximate surface area is 129 Å². The summed E-state index contributed by atoms with van der Waals surface area (Å²) in [6.07, 6.45) is 0. The largest absolute Gasteiger partial charge is 0.360 e. The van der Waals surface area contributed by atoms with Crippen LogP contribution in [0, 0.1) is 13.8 Å². The van der Waals surface area contributed by atoms with Crippen LogP contribution < -0.4 is 5.32 Å². The molecule has 0 fully saturated rings. The van der Waals surface area contributed by atoms with E-state index in [0.717, 1.165) is 5.56 Å². The summed E-state index contributed by atoms with van der Waals surface area (Å²) in [5.41, 5.74) is 1.57. The SMILES string of the molecule is Cc1cc(NC(=O)[C@H](C)S(=O)(=O)Cc2ccccc2C)no1. The average Bonchev–Trinajstić information content (AvgIpc) is 2.85. The Hall–Kier alpha value is -2.15. The van der Waals surface area contributed by atoms with Gasteiger partial charge in [0.05, 0.1) is 5.75 Å². The van der Waals surface area contributed by atoms with Crippen LogP contribution in [0.1, 0.15) is 23.8 Å². The van der Waals surface area contributed by atoms with Crippen LogP contribution in [0.3, 0.4) is 0 Å². The number of nitrogens with zero attached hydrogens (tertiary/aromatic N) is 1. The van der Waals surface area contributed by atoms with Crippen molar-refractivity contribution in [2.75, 3.05) is 5.32 Å². The molecule has 1 N–H and O–H groups in total. The second-order valence-electron chi connectivity index (χ2n) is 5.19. The number of anilines is 1. The summed E-state index contributed by atoms with van der Waals surface area (Å²) >= 11 is 0. The van der Waals surface area contributed by atoms with E-state index in [4.69, 9.17) is 4.52 Å². The van der Waals surface area contributed by atoms with E-state index in [2.05, 4.69) is 10.5 Å². The predicted octanol–water partition coefficient (Wildman–Crippen LogP) is 2.23. The van der Waals surface area contributed by atoms with Gasteiger partial charge in [0, 0.05) is 6.07 Å². The Balaban J connectivity index is 2.11. The molecule has 1 aromatic carbocycles. The van der Waals surface area contributed by atoms with Crippen LogP contribution in [-0.2, 0) is 20.4 Å². The van der Waals surface area contributed by atoms with Crippen molar-refractivity contribution in [1.29, 1.82) is 0 Å². The van der Waals surface area contributed by atoms with E-state index in [-0.39, 0.29) is 11.6 Å². The highest BCUT2D eigenvalue weighted by molar-refractivity contribution is 7.92. The highest BCUT2D eigenvalue weighted by Crippen LogP contribution is 2.16. The molecule has 0 radical (unpaired) electrons. The van der Waals surface area contributed by atoms with E-state index in [1.54, 1.807) is 19.1 Å². The zero-order chi connectivity index (χ0) is 16.3. The van der Waals surface area contributed by atoms with Crippen LogP contribution in [0.4, 0.5) is 5.82 Å². The number of aryl methyl sites for hydroxylation is 2. The summed E-state index contributed by atoms with van der Waals surface area (Å²) in [6, 6.07) is 8.74. The number of carbonyl (C=O) groups excluding carboxylic acids is 1.